The molecule has 66 valence electrons. The zero-order valence-corrected chi connectivity index (χ0v) is 7.14. The fourth-order valence-electron chi connectivity index (χ4n) is 0.719. The van der Waals surface area contributed by atoms with Gasteiger partial charge in [0.1, 0.15) is 5.82 Å². The van der Waals surface area contributed by atoms with Gasteiger partial charge in [-0.3, -0.25) is 4.18 Å². The van der Waals surface area contributed by atoms with Crippen LogP contribution in [-0.4, -0.2) is 15.5 Å². The Morgan fingerprint density at radius 1 is 1.42 bits per heavy atom. The SMILES string of the molecule is COS(=O)(=O)c1cccc(F)c1. The van der Waals surface area contributed by atoms with E-state index in [4.69, 9.17) is 0 Å². The maximum absolute atomic E-state index is 12.5. The van der Waals surface area contributed by atoms with Gasteiger partial charge in [-0.25, -0.2) is 4.39 Å². The Hall–Kier alpha value is -0.940. The van der Waals surface area contributed by atoms with Gasteiger partial charge in [0.2, 0.25) is 0 Å². The standard InChI is InChI=1S/C7H7FO3S/c1-11-12(9,10)7-4-2-3-6(8)5-7/h2-5H,1H3. The van der Waals surface area contributed by atoms with Crippen molar-refractivity contribution in [3.05, 3.63) is 30.1 Å². The van der Waals surface area contributed by atoms with E-state index in [1.54, 1.807) is 0 Å². The molecule has 0 saturated heterocycles. The first-order chi connectivity index (χ1) is 5.56. The van der Waals surface area contributed by atoms with Gasteiger partial charge in [0, 0.05) is 0 Å². The molecule has 0 saturated carbocycles. The van der Waals surface area contributed by atoms with Crippen molar-refractivity contribution < 1.29 is 17.0 Å². The van der Waals surface area contributed by atoms with Crippen LogP contribution in [0.15, 0.2) is 29.2 Å². The molecule has 5 heteroatoms. The fourth-order valence-corrected chi connectivity index (χ4v) is 1.41. The van der Waals surface area contributed by atoms with Crippen molar-refractivity contribution in [2.75, 3.05) is 7.11 Å². The number of hydrogen-bond donors (Lipinski definition) is 0. The molecule has 0 spiro atoms. The van der Waals surface area contributed by atoms with Gasteiger partial charge in [0.25, 0.3) is 10.1 Å². The summed E-state index contributed by atoms with van der Waals surface area (Å²) in [6.45, 7) is 0. The van der Waals surface area contributed by atoms with E-state index in [-0.39, 0.29) is 4.90 Å². The third-order valence-electron chi connectivity index (χ3n) is 1.30. The van der Waals surface area contributed by atoms with Crippen LogP contribution < -0.4 is 0 Å². The van der Waals surface area contributed by atoms with E-state index < -0.39 is 15.9 Å². The number of hydrogen-bond acceptors (Lipinski definition) is 3. The molecule has 0 heterocycles. The van der Waals surface area contributed by atoms with E-state index in [0.717, 1.165) is 19.2 Å². The second kappa shape index (κ2) is 3.20. The van der Waals surface area contributed by atoms with Crippen LogP contribution in [0.3, 0.4) is 0 Å². The molecule has 12 heavy (non-hydrogen) atoms. The third kappa shape index (κ3) is 1.80. The average molecular weight is 190 g/mol. The Bertz CT molecular complexity index is 372. The highest BCUT2D eigenvalue weighted by Gasteiger charge is 2.12. The van der Waals surface area contributed by atoms with Crippen molar-refractivity contribution in [3.8, 4) is 0 Å². The molecule has 1 aromatic carbocycles. The second-order valence-electron chi connectivity index (χ2n) is 2.08. The van der Waals surface area contributed by atoms with E-state index in [1.807, 2.05) is 0 Å². The van der Waals surface area contributed by atoms with Crippen LogP contribution in [0.4, 0.5) is 4.39 Å². The van der Waals surface area contributed by atoms with Gasteiger partial charge >= 0.3 is 0 Å². The molecule has 0 aromatic heterocycles. The number of benzene rings is 1. The highest BCUT2D eigenvalue weighted by molar-refractivity contribution is 7.86. The lowest BCUT2D eigenvalue weighted by Gasteiger charge is -1.99. The largest absolute Gasteiger partial charge is 0.296 e. The van der Waals surface area contributed by atoms with Gasteiger partial charge in [0.05, 0.1) is 12.0 Å². The molecular formula is C7H7FO3S. The van der Waals surface area contributed by atoms with Gasteiger partial charge in [-0.2, -0.15) is 8.42 Å². The van der Waals surface area contributed by atoms with E-state index in [1.165, 1.54) is 12.1 Å². The highest BCUT2D eigenvalue weighted by atomic mass is 32.2. The topological polar surface area (TPSA) is 43.4 Å². The van der Waals surface area contributed by atoms with Crippen LogP contribution in [0.1, 0.15) is 0 Å². The molecule has 0 amide bonds. The van der Waals surface area contributed by atoms with Gasteiger partial charge in [-0.05, 0) is 18.2 Å². The van der Waals surface area contributed by atoms with E-state index in [9.17, 15) is 12.8 Å². The number of rotatable bonds is 2. The van der Waals surface area contributed by atoms with Crippen molar-refractivity contribution in [2.45, 2.75) is 4.90 Å². The summed E-state index contributed by atoms with van der Waals surface area (Å²) < 4.78 is 38.6. The molecule has 0 atom stereocenters. The molecular weight excluding hydrogens is 183 g/mol. The summed E-state index contributed by atoms with van der Waals surface area (Å²) in [6.07, 6.45) is 0. The molecule has 1 aromatic rings. The van der Waals surface area contributed by atoms with E-state index in [0.29, 0.717) is 0 Å². The molecule has 0 radical (unpaired) electrons. The molecule has 0 aliphatic heterocycles. The van der Waals surface area contributed by atoms with Gasteiger partial charge in [0.15, 0.2) is 0 Å². The zero-order valence-electron chi connectivity index (χ0n) is 6.32. The van der Waals surface area contributed by atoms with Crippen molar-refractivity contribution in [3.63, 3.8) is 0 Å². The van der Waals surface area contributed by atoms with Crippen molar-refractivity contribution in [1.82, 2.24) is 0 Å². The summed E-state index contributed by atoms with van der Waals surface area (Å²) in [6, 6.07) is 4.64. The molecule has 1 rings (SSSR count). The molecule has 0 unspecified atom stereocenters. The smallest absolute Gasteiger partial charge is 0.270 e. The maximum Gasteiger partial charge on any atom is 0.296 e. The molecule has 3 nitrogen and oxygen atoms in total. The quantitative estimate of drug-likeness (QED) is 0.657. The lowest BCUT2D eigenvalue weighted by atomic mass is 10.4. The predicted octanol–water partition coefficient (Wildman–Crippen LogP) is 1.16. The molecule has 0 N–H and O–H groups in total. The summed E-state index contributed by atoms with van der Waals surface area (Å²) in [7, 11) is -2.73. The summed E-state index contributed by atoms with van der Waals surface area (Å²) in [5.74, 6) is -0.604. The van der Waals surface area contributed by atoms with Gasteiger partial charge < -0.3 is 0 Å². The first-order valence-corrected chi connectivity index (χ1v) is 4.53. The summed E-state index contributed by atoms with van der Waals surface area (Å²) in [5, 5.41) is 0. The van der Waals surface area contributed by atoms with Crippen molar-refractivity contribution in [1.29, 1.82) is 0 Å². The van der Waals surface area contributed by atoms with Crippen LogP contribution >= 0.6 is 0 Å². The monoisotopic (exact) mass is 190 g/mol. The van der Waals surface area contributed by atoms with Crippen LogP contribution in [0.2, 0.25) is 0 Å². The minimum atomic E-state index is -3.76. The Balaban J connectivity index is 3.21. The van der Waals surface area contributed by atoms with E-state index in [2.05, 4.69) is 4.18 Å². The maximum atomic E-state index is 12.5. The van der Waals surface area contributed by atoms with Gasteiger partial charge in [-0.15, -0.1) is 0 Å². The second-order valence-corrected chi connectivity index (χ2v) is 3.79. The summed E-state index contributed by atoms with van der Waals surface area (Å²) >= 11 is 0. The zero-order chi connectivity index (χ0) is 9.19. The molecule has 0 fully saturated rings. The van der Waals surface area contributed by atoms with Crippen LogP contribution in [0, 0.1) is 5.82 Å². The Labute approximate surface area is 69.9 Å². The Morgan fingerprint density at radius 3 is 2.58 bits per heavy atom. The molecule has 0 bridgehead atoms. The van der Waals surface area contributed by atoms with Crippen LogP contribution in [0.25, 0.3) is 0 Å². The van der Waals surface area contributed by atoms with Gasteiger partial charge in [-0.1, -0.05) is 6.07 Å². The first kappa shape index (κ1) is 9.15. The van der Waals surface area contributed by atoms with Crippen molar-refractivity contribution >= 4 is 10.1 Å². The Morgan fingerprint density at radius 2 is 2.08 bits per heavy atom. The highest BCUT2D eigenvalue weighted by Crippen LogP contribution is 2.11. The normalized spacial score (nSPS) is 11.5. The van der Waals surface area contributed by atoms with Crippen molar-refractivity contribution in [2.24, 2.45) is 0 Å². The molecule has 0 aliphatic rings. The summed E-state index contributed by atoms with van der Waals surface area (Å²) in [5.41, 5.74) is 0. The third-order valence-corrected chi connectivity index (χ3v) is 2.57. The number of halogens is 1. The average Bonchev–Trinajstić information content (AvgIpc) is 2.05. The molecule has 0 aliphatic carbocycles. The van der Waals surface area contributed by atoms with E-state index >= 15 is 0 Å². The lowest BCUT2D eigenvalue weighted by molar-refractivity contribution is 0.397. The minimum Gasteiger partial charge on any atom is -0.270 e. The lowest BCUT2D eigenvalue weighted by Crippen LogP contribution is -2.02. The first-order valence-electron chi connectivity index (χ1n) is 3.12. The summed E-state index contributed by atoms with van der Waals surface area (Å²) in [4.78, 5) is -0.176. The minimum absolute atomic E-state index is 0.176. The van der Waals surface area contributed by atoms with Crippen LogP contribution in [-0.2, 0) is 14.3 Å². The predicted molar refractivity (Wildman–Crippen MR) is 40.6 cm³/mol. The Kier molecular flexibility index (Phi) is 2.44. The fraction of sp³-hybridized carbons (Fsp3) is 0.143. The van der Waals surface area contributed by atoms with Crippen LogP contribution in [0.5, 0.6) is 0 Å².